The van der Waals surface area contributed by atoms with Crippen molar-refractivity contribution in [1.29, 1.82) is 0 Å². The Balaban J connectivity index is 2.23. The molecule has 2 aromatic rings. The van der Waals surface area contributed by atoms with Crippen LogP contribution in [0.5, 0.6) is 6.01 Å². The quantitative estimate of drug-likeness (QED) is 0.844. The molecule has 0 atom stereocenters. The van der Waals surface area contributed by atoms with Gasteiger partial charge in [0.15, 0.2) is 0 Å². The van der Waals surface area contributed by atoms with Crippen molar-refractivity contribution in [3.63, 3.8) is 0 Å². The van der Waals surface area contributed by atoms with Crippen molar-refractivity contribution in [2.24, 2.45) is 0 Å². The van der Waals surface area contributed by atoms with Gasteiger partial charge in [-0.2, -0.15) is 4.98 Å². The van der Waals surface area contributed by atoms with Gasteiger partial charge in [0.2, 0.25) is 5.95 Å². The highest BCUT2D eigenvalue weighted by Gasteiger charge is 2.18. The molecule has 20 heavy (non-hydrogen) atoms. The van der Waals surface area contributed by atoms with Crippen LogP contribution < -0.4 is 9.46 Å². The number of H-pyrrole nitrogens is 1. The summed E-state index contributed by atoms with van der Waals surface area (Å²) < 4.78 is 44.7. The smallest absolute Gasteiger partial charge is 0.337 e. The summed E-state index contributed by atoms with van der Waals surface area (Å²) in [5.74, 6) is -0.794. The zero-order chi connectivity index (χ0) is 14.8. The van der Waals surface area contributed by atoms with Gasteiger partial charge in [-0.05, 0) is 41.1 Å². The molecule has 0 amide bonds. The van der Waals surface area contributed by atoms with E-state index >= 15 is 0 Å². The van der Waals surface area contributed by atoms with Gasteiger partial charge in [0, 0.05) is 0 Å². The molecule has 0 unspecified atom stereocenters. The summed E-state index contributed by atoms with van der Waals surface area (Å²) in [6.45, 7) is 2.09. The Kier molecular flexibility index (Phi) is 4.23. The van der Waals surface area contributed by atoms with Gasteiger partial charge in [-0.1, -0.05) is 0 Å². The number of hydrogen-bond donors (Lipinski definition) is 2. The van der Waals surface area contributed by atoms with E-state index in [1.165, 1.54) is 12.1 Å². The Morgan fingerprint density at radius 2 is 2.25 bits per heavy atom. The fourth-order valence-corrected chi connectivity index (χ4v) is 2.53. The predicted octanol–water partition coefficient (Wildman–Crippen LogP) is 1.91. The van der Waals surface area contributed by atoms with Crippen molar-refractivity contribution in [3.05, 3.63) is 28.5 Å². The number of benzene rings is 1. The zero-order valence-electron chi connectivity index (χ0n) is 10.2. The minimum Gasteiger partial charge on any atom is -0.463 e. The molecule has 10 heteroatoms. The summed E-state index contributed by atoms with van der Waals surface area (Å²) in [6, 6.07) is 3.48. The Labute approximate surface area is 122 Å². The highest BCUT2D eigenvalue weighted by molar-refractivity contribution is 9.10. The standard InChI is InChI=1S/C10H10BrFN4O3S/c1-2-19-10-13-9(14-15-10)16-20(17,18)6-3-4-7(11)8(12)5-6/h3-5H,2H2,1H3,(H2,13,14,15,16). The lowest BCUT2D eigenvalue weighted by molar-refractivity contribution is 0.314. The summed E-state index contributed by atoms with van der Waals surface area (Å²) >= 11 is 2.95. The van der Waals surface area contributed by atoms with Crippen LogP contribution in [-0.2, 0) is 10.0 Å². The molecule has 108 valence electrons. The second kappa shape index (κ2) is 5.75. The van der Waals surface area contributed by atoms with Crippen LogP contribution in [0, 0.1) is 5.82 Å². The van der Waals surface area contributed by atoms with E-state index in [2.05, 4.69) is 35.8 Å². The number of ether oxygens (including phenoxy) is 1. The number of hydrogen-bond acceptors (Lipinski definition) is 5. The Morgan fingerprint density at radius 1 is 1.50 bits per heavy atom. The molecule has 0 aliphatic carbocycles. The number of rotatable bonds is 5. The second-order valence-corrected chi connectivity index (χ2v) is 6.12. The van der Waals surface area contributed by atoms with Crippen molar-refractivity contribution < 1.29 is 17.5 Å². The molecule has 0 aliphatic heterocycles. The highest BCUT2D eigenvalue weighted by atomic mass is 79.9. The van der Waals surface area contributed by atoms with E-state index in [1.807, 2.05) is 0 Å². The minimum absolute atomic E-state index is 0.0205. The molecular weight excluding hydrogens is 355 g/mol. The first-order valence-electron chi connectivity index (χ1n) is 5.45. The molecule has 0 bridgehead atoms. The molecule has 7 nitrogen and oxygen atoms in total. The van der Waals surface area contributed by atoms with Crippen molar-refractivity contribution >= 4 is 31.9 Å². The van der Waals surface area contributed by atoms with Crippen LogP contribution in [0.1, 0.15) is 6.92 Å². The van der Waals surface area contributed by atoms with Crippen LogP contribution in [-0.4, -0.2) is 30.2 Å². The minimum atomic E-state index is -3.95. The van der Waals surface area contributed by atoms with Gasteiger partial charge in [-0.15, -0.1) is 5.10 Å². The van der Waals surface area contributed by atoms with Gasteiger partial charge < -0.3 is 4.74 Å². The van der Waals surface area contributed by atoms with Crippen LogP contribution in [0.25, 0.3) is 0 Å². The first-order chi connectivity index (χ1) is 9.42. The third-order valence-electron chi connectivity index (χ3n) is 2.17. The number of nitrogens with zero attached hydrogens (tertiary/aromatic N) is 2. The largest absolute Gasteiger partial charge is 0.463 e. The van der Waals surface area contributed by atoms with Crippen molar-refractivity contribution in [2.45, 2.75) is 11.8 Å². The molecule has 1 aromatic carbocycles. The summed E-state index contributed by atoms with van der Waals surface area (Å²) in [7, 11) is -3.95. The number of halogens is 2. The Morgan fingerprint density at radius 3 is 2.90 bits per heavy atom. The van der Waals surface area contributed by atoms with E-state index in [-0.39, 0.29) is 21.3 Å². The fraction of sp³-hybridized carbons (Fsp3) is 0.200. The van der Waals surface area contributed by atoms with Gasteiger partial charge in [0.1, 0.15) is 5.82 Å². The number of aromatic amines is 1. The lowest BCUT2D eigenvalue weighted by Gasteiger charge is -2.05. The molecule has 0 radical (unpaired) electrons. The molecule has 1 heterocycles. The van der Waals surface area contributed by atoms with E-state index in [4.69, 9.17) is 4.74 Å². The van der Waals surface area contributed by atoms with E-state index in [9.17, 15) is 12.8 Å². The molecule has 0 fully saturated rings. The van der Waals surface area contributed by atoms with Crippen LogP contribution in [0.4, 0.5) is 10.3 Å². The molecule has 2 rings (SSSR count). The molecule has 0 spiro atoms. The normalized spacial score (nSPS) is 11.3. The van der Waals surface area contributed by atoms with Gasteiger partial charge in [0.05, 0.1) is 16.0 Å². The Bertz CT molecular complexity index is 719. The van der Waals surface area contributed by atoms with Crippen LogP contribution in [0.3, 0.4) is 0 Å². The second-order valence-electron chi connectivity index (χ2n) is 3.58. The molecule has 0 aliphatic rings. The maximum Gasteiger partial charge on any atom is 0.337 e. The predicted molar refractivity (Wildman–Crippen MR) is 72.5 cm³/mol. The lowest BCUT2D eigenvalue weighted by Crippen LogP contribution is -2.14. The van der Waals surface area contributed by atoms with E-state index in [0.29, 0.717) is 6.61 Å². The van der Waals surface area contributed by atoms with Gasteiger partial charge in [-0.25, -0.2) is 22.6 Å². The van der Waals surface area contributed by atoms with E-state index < -0.39 is 15.8 Å². The molecular formula is C10H10BrFN4O3S. The Hall–Kier alpha value is -1.68. The number of anilines is 1. The maximum absolute atomic E-state index is 13.4. The third-order valence-corrected chi connectivity index (χ3v) is 4.15. The molecule has 1 aromatic heterocycles. The summed E-state index contributed by atoms with van der Waals surface area (Å²) in [5.41, 5.74) is 0. The molecule has 0 saturated heterocycles. The van der Waals surface area contributed by atoms with Crippen molar-refractivity contribution in [2.75, 3.05) is 11.3 Å². The van der Waals surface area contributed by atoms with Crippen LogP contribution in [0.15, 0.2) is 27.6 Å². The first-order valence-corrected chi connectivity index (χ1v) is 7.73. The highest BCUT2D eigenvalue weighted by Crippen LogP contribution is 2.21. The third kappa shape index (κ3) is 3.25. The topological polar surface area (TPSA) is 97.0 Å². The number of nitrogens with one attached hydrogen (secondary N) is 2. The van der Waals surface area contributed by atoms with Crippen molar-refractivity contribution in [3.8, 4) is 6.01 Å². The van der Waals surface area contributed by atoms with Crippen LogP contribution >= 0.6 is 15.9 Å². The van der Waals surface area contributed by atoms with Gasteiger partial charge in [-0.3, -0.25) is 0 Å². The van der Waals surface area contributed by atoms with Gasteiger partial charge in [0.25, 0.3) is 10.0 Å². The average Bonchev–Trinajstić information content (AvgIpc) is 2.79. The summed E-state index contributed by atoms with van der Waals surface area (Å²) in [6.07, 6.45) is 0. The lowest BCUT2D eigenvalue weighted by atomic mass is 10.3. The zero-order valence-corrected chi connectivity index (χ0v) is 12.6. The van der Waals surface area contributed by atoms with E-state index in [0.717, 1.165) is 6.07 Å². The van der Waals surface area contributed by atoms with E-state index in [1.54, 1.807) is 6.92 Å². The molecule has 2 N–H and O–H groups in total. The van der Waals surface area contributed by atoms with Crippen molar-refractivity contribution in [1.82, 2.24) is 15.2 Å². The number of sulfonamides is 1. The average molecular weight is 365 g/mol. The molecule has 0 saturated carbocycles. The monoisotopic (exact) mass is 364 g/mol. The maximum atomic E-state index is 13.4. The summed E-state index contributed by atoms with van der Waals surface area (Å²) in [4.78, 5) is 3.54. The van der Waals surface area contributed by atoms with Crippen LogP contribution in [0.2, 0.25) is 0 Å². The van der Waals surface area contributed by atoms with Gasteiger partial charge >= 0.3 is 6.01 Å². The SMILES string of the molecule is CCOc1n[nH]c(NS(=O)(=O)c2ccc(Br)c(F)c2)n1. The fourth-order valence-electron chi connectivity index (χ4n) is 1.32. The first kappa shape index (κ1) is 14.7. The summed E-state index contributed by atoms with van der Waals surface area (Å²) in [5, 5.41) is 6.01. The number of aromatic nitrogens is 3.